The molecular weight excluding hydrogens is 284 g/mol. The molecule has 23 heavy (non-hydrogen) atoms. The fourth-order valence-electron chi connectivity index (χ4n) is 3.21. The van der Waals surface area contributed by atoms with Gasteiger partial charge in [0.1, 0.15) is 0 Å². The van der Waals surface area contributed by atoms with Gasteiger partial charge >= 0.3 is 0 Å². The van der Waals surface area contributed by atoms with E-state index in [2.05, 4.69) is 30.1 Å². The molecule has 3 nitrogen and oxygen atoms in total. The fourth-order valence-corrected chi connectivity index (χ4v) is 3.21. The van der Waals surface area contributed by atoms with Crippen LogP contribution in [0.5, 0.6) is 0 Å². The molecule has 1 aliphatic heterocycles. The highest BCUT2D eigenvalue weighted by Gasteiger charge is 2.26. The Morgan fingerprint density at radius 1 is 1.09 bits per heavy atom. The lowest BCUT2D eigenvalue weighted by atomic mass is 10.0. The standard InChI is InChI=1S/C20H22N2O/c1-5-21-19-10-14(3)17(9-15(19)4)20(23)22-11-16-8-6-7-13(2)18(16)12-22/h5-10H,11-12H2,1-4H3. The van der Waals surface area contributed by atoms with E-state index in [1.165, 1.54) is 16.7 Å². The van der Waals surface area contributed by atoms with Gasteiger partial charge < -0.3 is 4.90 Å². The van der Waals surface area contributed by atoms with Gasteiger partial charge in [-0.1, -0.05) is 18.2 Å². The monoisotopic (exact) mass is 306 g/mol. The third kappa shape index (κ3) is 2.79. The van der Waals surface area contributed by atoms with E-state index in [0.29, 0.717) is 13.1 Å². The number of nitrogens with zero attached hydrogens (tertiary/aromatic N) is 2. The van der Waals surface area contributed by atoms with Crippen LogP contribution in [-0.2, 0) is 13.1 Å². The number of amides is 1. The normalized spacial score (nSPS) is 13.7. The highest BCUT2D eigenvalue weighted by Crippen LogP contribution is 2.29. The van der Waals surface area contributed by atoms with Crippen LogP contribution >= 0.6 is 0 Å². The van der Waals surface area contributed by atoms with Crippen molar-refractivity contribution in [2.24, 2.45) is 4.99 Å². The van der Waals surface area contributed by atoms with Gasteiger partial charge in [0.05, 0.1) is 5.69 Å². The van der Waals surface area contributed by atoms with E-state index in [-0.39, 0.29) is 5.91 Å². The van der Waals surface area contributed by atoms with Crippen LogP contribution < -0.4 is 0 Å². The summed E-state index contributed by atoms with van der Waals surface area (Å²) in [4.78, 5) is 19.2. The summed E-state index contributed by atoms with van der Waals surface area (Å²) in [6.07, 6.45) is 1.78. The van der Waals surface area contributed by atoms with E-state index in [9.17, 15) is 4.79 Å². The number of benzene rings is 2. The average molecular weight is 306 g/mol. The number of rotatable bonds is 2. The fraction of sp³-hybridized carbons (Fsp3) is 0.300. The Bertz CT molecular complexity index is 806. The molecule has 1 amide bonds. The van der Waals surface area contributed by atoms with Crippen molar-refractivity contribution in [2.45, 2.75) is 40.8 Å². The van der Waals surface area contributed by atoms with E-state index in [4.69, 9.17) is 0 Å². The van der Waals surface area contributed by atoms with Crippen molar-refractivity contribution in [3.8, 4) is 0 Å². The number of hydrogen-bond donors (Lipinski definition) is 0. The Kier molecular flexibility index (Phi) is 4.03. The lowest BCUT2D eigenvalue weighted by Crippen LogP contribution is -2.26. The van der Waals surface area contributed by atoms with Gasteiger partial charge in [-0.25, -0.2) is 0 Å². The minimum atomic E-state index is 0.105. The quantitative estimate of drug-likeness (QED) is 0.752. The van der Waals surface area contributed by atoms with Crippen molar-refractivity contribution in [2.75, 3.05) is 0 Å². The molecule has 0 unspecified atom stereocenters. The molecule has 0 saturated carbocycles. The first kappa shape index (κ1) is 15.5. The van der Waals surface area contributed by atoms with Crippen molar-refractivity contribution in [3.05, 3.63) is 63.7 Å². The zero-order chi connectivity index (χ0) is 16.6. The van der Waals surface area contributed by atoms with Crippen molar-refractivity contribution >= 4 is 17.8 Å². The molecule has 118 valence electrons. The summed E-state index contributed by atoms with van der Waals surface area (Å²) < 4.78 is 0. The number of carbonyl (C=O) groups excluding carboxylic acids is 1. The zero-order valence-corrected chi connectivity index (χ0v) is 14.2. The maximum Gasteiger partial charge on any atom is 0.254 e. The van der Waals surface area contributed by atoms with E-state index < -0.39 is 0 Å². The van der Waals surface area contributed by atoms with Gasteiger partial charge in [0, 0.05) is 24.9 Å². The minimum absolute atomic E-state index is 0.105. The lowest BCUT2D eigenvalue weighted by Gasteiger charge is -2.18. The highest BCUT2D eigenvalue weighted by atomic mass is 16.2. The van der Waals surface area contributed by atoms with E-state index in [0.717, 1.165) is 22.4 Å². The van der Waals surface area contributed by atoms with Crippen LogP contribution in [0.3, 0.4) is 0 Å². The number of fused-ring (bicyclic) bond motifs is 1. The SMILES string of the molecule is CC=Nc1cc(C)c(C(=O)N2Cc3cccc(C)c3C2)cc1C. The molecule has 0 radical (unpaired) electrons. The summed E-state index contributed by atoms with van der Waals surface area (Å²) in [6, 6.07) is 10.3. The second kappa shape index (κ2) is 5.99. The smallest absolute Gasteiger partial charge is 0.254 e. The molecule has 3 heteroatoms. The maximum atomic E-state index is 13.0. The lowest BCUT2D eigenvalue weighted by molar-refractivity contribution is 0.0750. The molecule has 1 heterocycles. The molecular formula is C20H22N2O. The van der Waals surface area contributed by atoms with Gasteiger partial charge in [-0.3, -0.25) is 9.79 Å². The Balaban J connectivity index is 1.91. The molecule has 2 aromatic carbocycles. The highest BCUT2D eigenvalue weighted by molar-refractivity contribution is 5.96. The van der Waals surface area contributed by atoms with Crippen LogP contribution in [0.1, 0.15) is 45.1 Å². The van der Waals surface area contributed by atoms with Gasteiger partial charge in [-0.05, 0) is 67.6 Å². The first-order valence-corrected chi connectivity index (χ1v) is 7.98. The molecule has 0 aromatic heterocycles. The Labute approximate surface area is 137 Å². The summed E-state index contributed by atoms with van der Waals surface area (Å²) in [5.41, 5.74) is 7.55. The van der Waals surface area contributed by atoms with Gasteiger partial charge in [-0.2, -0.15) is 0 Å². The third-order valence-electron chi connectivity index (χ3n) is 4.55. The third-order valence-corrected chi connectivity index (χ3v) is 4.55. The molecule has 0 fully saturated rings. The van der Waals surface area contributed by atoms with E-state index >= 15 is 0 Å². The predicted molar refractivity (Wildman–Crippen MR) is 94.5 cm³/mol. The Hall–Kier alpha value is -2.42. The molecule has 3 rings (SSSR count). The summed E-state index contributed by atoms with van der Waals surface area (Å²) in [5.74, 6) is 0.105. The molecule has 1 aliphatic rings. The van der Waals surface area contributed by atoms with Gasteiger partial charge in [-0.15, -0.1) is 0 Å². The minimum Gasteiger partial charge on any atom is -0.330 e. The number of aliphatic imine (C=N–C) groups is 1. The Morgan fingerprint density at radius 2 is 1.87 bits per heavy atom. The summed E-state index contributed by atoms with van der Waals surface area (Å²) >= 11 is 0. The second-order valence-corrected chi connectivity index (χ2v) is 6.21. The van der Waals surface area contributed by atoms with Crippen molar-refractivity contribution in [3.63, 3.8) is 0 Å². The first-order valence-electron chi connectivity index (χ1n) is 7.98. The zero-order valence-electron chi connectivity index (χ0n) is 14.2. The van der Waals surface area contributed by atoms with Crippen molar-refractivity contribution < 1.29 is 4.79 Å². The van der Waals surface area contributed by atoms with Crippen LogP contribution in [0.4, 0.5) is 5.69 Å². The van der Waals surface area contributed by atoms with Crippen molar-refractivity contribution in [1.29, 1.82) is 0 Å². The molecule has 0 spiro atoms. The predicted octanol–water partition coefficient (Wildman–Crippen LogP) is 4.49. The van der Waals surface area contributed by atoms with Crippen molar-refractivity contribution in [1.82, 2.24) is 4.90 Å². The number of hydrogen-bond acceptors (Lipinski definition) is 2. The molecule has 2 aromatic rings. The molecule has 0 atom stereocenters. The summed E-state index contributed by atoms with van der Waals surface area (Å²) in [6.45, 7) is 9.39. The van der Waals surface area contributed by atoms with Gasteiger partial charge in [0.15, 0.2) is 0 Å². The molecule has 0 aliphatic carbocycles. The summed E-state index contributed by atoms with van der Waals surface area (Å²) in [7, 11) is 0. The van der Waals surface area contributed by atoms with Crippen LogP contribution in [0, 0.1) is 20.8 Å². The molecule has 0 N–H and O–H groups in total. The first-order chi connectivity index (χ1) is 11.0. The molecule has 0 saturated heterocycles. The van der Waals surface area contributed by atoms with Crippen LogP contribution in [-0.4, -0.2) is 17.0 Å². The second-order valence-electron chi connectivity index (χ2n) is 6.21. The van der Waals surface area contributed by atoms with Gasteiger partial charge in [0.2, 0.25) is 0 Å². The maximum absolute atomic E-state index is 13.0. The van der Waals surface area contributed by atoms with Gasteiger partial charge in [0.25, 0.3) is 5.91 Å². The van der Waals surface area contributed by atoms with Crippen LogP contribution in [0.2, 0.25) is 0 Å². The Morgan fingerprint density at radius 3 is 2.57 bits per heavy atom. The van der Waals surface area contributed by atoms with E-state index in [1.807, 2.05) is 37.8 Å². The number of aryl methyl sites for hydroxylation is 3. The summed E-state index contributed by atoms with van der Waals surface area (Å²) in [5, 5.41) is 0. The van der Waals surface area contributed by atoms with Crippen LogP contribution in [0.15, 0.2) is 35.3 Å². The van der Waals surface area contributed by atoms with E-state index in [1.54, 1.807) is 6.21 Å². The topological polar surface area (TPSA) is 32.7 Å². The molecule has 0 bridgehead atoms. The number of carbonyl (C=O) groups is 1. The average Bonchev–Trinajstić information content (AvgIpc) is 2.96. The largest absolute Gasteiger partial charge is 0.330 e. The van der Waals surface area contributed by atoms with Crippen LogP contribution in [0.25, 0.3) is 0 Å².